The Kier molecular flexibility index (Phi) is 6.40. The number of benzene rings is 1. The molecule has 1 amide bonds. The van der Waals surface area contributed by atoms with Gasteiger partial charge in [0.25, 0.3) is 0 Å². The van der Waals surface area contributed by atoms with Gasteiger partial charge in [-0.2, -0.15) is 9.97 Å². The van der Waals surface area contributed by atoms with E-state index in [0.717, 1.165) is 91.9 Å². The number of likely N-dealkylation sites (tertiary alicyclic amines) is 1. The molecule has 210 valence electrons. The second-order valence-corrected chi connectivity index (χ2v) is 11.0. The van der Waals surface area contributed by atoms with Crippen LogP contribution >= 0.6 is 0 Å². The molecule has 6 heterocycles. The maximum atomic E-state index is 12.2. The Bertz CT molecular complexity index is 1570. The molecule has 0 atom stereocenters. The van der Waals surface area contributed by atoms with Gasteiger partial charge in [0.1, 0.15) is 11.6 Å². The van der Waals surface area contributed by atoms with Gasteiger partial charge >= 0.3 is 0 Å². The zero-order chi connectivity index (χ0) is 27.4. The van der Waals surface area contributed by atoms with Crippen LogP contribution in [0.15, 0.2) is 24.3 Å². The number of rotatable bonds is 6. The van der Waals surface area contributed by atoms with Crippen LogP contribution in [0.1, 0.15) is 18.6 Å². The van der Waals surface area contributed by atoms with E-state index >= 15 is 0 Å². The number of piperazine rings is 1. The first-order chi connectivity index (χ1) is 19.5. The molecule has 0 aliphatic carbocycles. The van der Waals surface area contributed by atoms with E-state index < -0.39 is 0 Å². The monoisotopic (exact) mass is 544 g/mol. The molecule has 0 radical (unpaired) electrons. The number of aryl methyl sites for hydroxylation is 2. The van der Waals surface area contributed by atoms with E-state index in [-0.39, 0.29) is 5.91 Å². The van der Waals surface area contributed by atoms with Crippen molar-refractivity contribution in [1.29, 1.82) is 0 Å². The van der Waals surface area contributed by atoms with Crippen LogP contribution in [0, 0.1) is 0 Å². The second-order valence-electron chi connectivity index (χ2n) is 11.0. The predicted octanol–water partition coefficient (Wildman–Crippen LogP) is 1.06. The Labute approximate surface area is 233 Å². The molecule has 3 aliphatic rings. The fraction of sp³-hybridized carbons (Fsp3) is 0.536. The van der Waals surface area contributed by atoms with Crippen LogP contribution in [0.25, 0.3) is 28.1 Å². The van der Waals surface area contributed by atoms with Gasteiger partial charge in [-0.15, -0.1) is 0 Å². The molecule has 12 nitrogen and oxygen atoms in total. The quantitative estimate of drug-likeness (QED) is 0.353. The van der Waals surface area contributed by atoms with Gasteiger partial charge in [0.15, 0.2) is 17.0 Å². The lowest BCUT2D eigenvalue weighted by atomic mass is 10.1. The van der Waals surface area contributed by atoms with Crippen LogP contribution in [-0.2, 0) is 29.5 Å². The van der Waals surface area contributed by atoms with Crippen molar-refractivity contribution in [2.45, 2.75) is 25.9 Å². The summed E-state index contributed by atoms with van der Waals surface area (Å²) in [6.45, 7) is 9.84. The minimum Gasteiger partial charge on any atom is -0.378 e. The van der Waals surface area contributed by atoms with Crippen LogP contribution in [0.2, 0.25) is 0 Å². The summed E-state index contributed by atoms with van der Waals surface area (Å²) >= 11 is 0. The molecule has 40 heavy (non-hydrogen) atoms. The third kappa shape index (κ3) is 4.30. The van der Waals surface area contributed by atoms with Crippen molar-refractivity contribution in [2.24, 2.45) is 7.05 Å². The van der Waals surface area contributed by atoms with Gasteiger partial charge in [-0.05, 0) is 12.1 Å². The van der Waals surface area contributed by atoms with Gasteiger partial charge < -0.3 is 19.1 Å². The highest BCUT2D eigenvalue weighted by Gasteiger charge is 2.36. The van der Waals surface area contributed by atoms with Gasteiger partial charge in [0.05, 0.1) is 37.3 Å². The third-order valence-electron chi connectivity index (χ3n) is 8.54. The molecular formula is C28H36N10O2. The number of morpholine rings is 1. The van der Waals surface area contributed by atoms with Gasteiger partial charge in [0.2, 0.25) is 11.9 Å². The van der Waals surface area contributed by atoms with Crippen molar-refractivity contribution in [3.63, 3.8) is 0 Å². The summed E-state index contributed by atoms with van der Waals surface area (Å²) in [5, 5.41) is 0. The highest BCUT2D eigenvalue weighted by Crippen LogP contribution is 2.29. The molecule has 3 saturated heterocycles. The minimum atomic E-state index is 0.210. The number of hydrogen-bond donors (Lipinski definition) is 0. The molecule has 0 saturated carbocycles. The third-order valence-corrected chi connectivity index (χ3v) is 8.54. The number of para-hydroxylation sites is 2. The number of likely N-dealkylation sites (N-methyl/N-ethyl adjacent to an activating group) is 1. The summed E-state index contributed by atoms with van der Waals surface area (Å²) in [5.41, 5.74) is 3.59. The van der Waals surface area contributed by atoms with Crippen LogP contribution in [0.4, 0.5) is 5.82 Å². The van der Waals surface area contributed by atoms with Crippen LogP contribution in [-0.4, -0.2) is 122 Å². The van der Waals surface area contributed by atoms with E-state index in [0.29, 0.717) is 31.7 Å². The molecule has 0 N–H and O–H groups in total. The number of ether oxygens (including phenoxy) is 1. The Morgan fingerprint density at radius 3 is 2.52 bits per heavy atom. The zero-order valence-electron chi connectivity index (χ0n) is 23.5. The second kappa shape index (κ2) is 10.1. The molecule has 3 fully saturated rings. The number of imidazole rings is 2. The summed E-state index contributed by atoms with van der Waals surface area (Å²) in [6.07, 6.45) is 0.772. The van der Waals surface area contributed by atoms with Crippen molar-refractivity contribution in [3.05, 3.63) is 35.9 Å². The average Bonchev–Trinajstić information content (AvgIpc) is 3.49. The highest BCUT2D eigenvalue weighted by molar-refractivity contribution is 5.86. The minimum absolute atomic E-state index is 0.210. The Balaban J connectivity index is 1.22. The summed E-state index contributed by atoms with van der Waals surface area (Å²) in [5.74, 6) is 3.59. The van der Waals surface area contributed by atoms with Crippen LogP contribution < -0.4 is 4.90 Å². The normalized spacial score (nSPS) is 19.7. The smallest absolute Gasteiger partial charge is 0.239 e. The molecule has 0 bridgehead atoms. The lowest BCUT2D eigenvalue weighted by Gasteiger charge is -2.47. The first-order valence-corrected chi connectivity index (χ1v) is 14.2. The largest absolute Gasteiger partial charge is 0.378 e. The lowest BCUT2D eigenvalue weighted by Crippen LogP contribution is -2.63. The standard InChI is InChI=1S/C28H36N10O2/c1-4-22-29-20-7-5-6-8-21(20)38(22)28-31-26-25(27(32-28)36-11-13-40-14-12-36)30-23(34(26)3)17-35-15-19(16-35)37-10-9-33(2)24(39)18-37/h5-8,19H,4,9-18H2,1-3H3. The maximum absolute atomic E-state index is 12.2. The predicted molar refractivity (Wildman–Crippen MR) is 152 cm³/mol. The molecule has 12 heteroatoms. The van der Waals surface area contributed by atoms with E-state index in [1.807, 2.05) is 37.2 Å². The average molecular weight is 545 g/mol. The summed E-state index contributed by atoms with van der Waals surface area (Å²) in [6, 6.07) is 8.57. The van der Waals surface area contributed by atoms with Crippen LogP contribution in [0.3, 0.4) is 0 Å². The van der Waals surface area contributed by atoms with Crippen molar-refractivity contribution < 1.29 is 9.53 Å². The van der Waals surface area contributed by atoms with E-state index in [2.05, 4.69) is 36.8 Å². The number of nitrogens with zero attached hydrogens (tertiary/aromatic N) is 10. The number of amides is 1. The van der Waals surface area contributed by atoms with Crippen LogP contribution in [0.5, 0.6) is 0 Å². The summed E-state index contributed by atoms with van der Waals surface area (Å²) < 4.78 is 9.85. The van der Waals surface area contributed by atoms with E-state index in [1.165, 1.54) is 0 Å². The molecule has 3 aliphatic heterocycles. The number of carbonyl (C=O) groups excluding carboxylic acids is 1. The maximum Gasteiger partial charge on any atom is 0.239 e. The molecular weight excluding hydrogens is 508 g/mol. The van der Waals surface area contributed by atoms with E-state index in [9.17, 15) is 4.79 Å². The topological polar surface area (TPSA) is 101 Å². The van der Waals surface area contributed by atoms with Crippen molar-refractivity contribution in [1.82, 2.24) is 43.8 Å². The highest BCUT2D eigenvalue weighted by atomic mass is 16.5. The Hall–Kier alpha value is -3.61. The fourth-order valence-electron chi connectivity index (χ4n) is 6.04. The first kappa shape index (κ1) is 25.4. The molecule has 0 spiro atoms. The van der Waals surface area contributed by atoms with E-state index in [1.54, 1.807) is 0 Å². The van der Waals surface area contributed by atoms with Crippen molar-refractivity contribution in [2.75, 3.05) is 71.0 Å². The lowest BCUT2D eigenvalue weighted by molar-refractivity contribution is -0.137. The zero-order valence-corrected chi connectivity index (χ0v) is 23.5. The molecule has 1 aromatic carbocycles. The van der Waals surface area contributed by atoms with Gasteiger partial charge in [-0.3, -0.25) is 19.2 Å². The number of fused-ring (bicyclic) bond motifs is 2. The summed E-state index contributed by atoms with van der Waals surface area (Å²) in [7, 11) is 3.93. The molecule has 3 aromatic heterocycles. The van der Waals surface area contributed by atoms with Crippen molar-refractivity contribution >= 4 is 33.9 Å². The fourth-order valence-corrected chi connectivity index (χ4v) is 6.04. The van der Waals surface area contributed by atoms with Gasteiger partial charge in [0, 0.05) is 65.8 Å². The first-order valence-electron chi connectivity index (χ1n) is 14.2. The molecule has 7 rings (SSSR count). The molecule has 4 aromatic rings. The number of hydrogen-bond acceptors (Lipinski definition) is 9. The van der Waals surface area contributed by atoms with Crippen molar-refractivity contribution in [3.8, 4) is 5.95 Å². The Morgan fingerprint density at radius 2 is 1.75 bits per heavy atom. The molecule has 0 unspecified atom stereocenters. The van der Waals surface area contributed by atoms with E-state index in [4.69, 9.17) is 24.7 Å². The number of aromatic nitrogens is 6. The SMILES string of the molecule is CCc1nc2ccccc2n1-c1nc(N2CCOCC2)c2nc(CN3CC(N4CCN(C)C(=O)C4)C3)n(C)c2n1. The van der Waals surface area contributed by atoms with Gasteiger partial charge in [-0.1, -0.05) is 19.1 Å². The number of anilines is 1. The summed E-state index contributed by atoms with van der Waals surface area (Å²) in [4.78, 5) is 41.2. The number of carbonyl (C=O) groups is 1. The van der Waals surface area contributed by atoms with Gasteiger partial charge in [-0.25, -0.2) is 9.97 Å². The Morgan fingerprint density at radius 1 is 0.950 bits per heavy atom.